The van der Waals surface area contributed by atoms with Crippen molar-refractivity contribution in [2.75, 3.05) is 0 Å². The summed E-state index contributed by atoms with van der Waals surface area (Å²) in [5, 5.41) is 6.75. The molecule has 0 radical (unpaired) electrons. The summed E-state index contributed by atoms with van der Waals surface area (Å²) in [6, 6.07) is 74.8. The molecular weight excluding hydrogens is 822 g/mol. The van der Waals surface area contributed by atoms with Crippen LogP contribution in [0, 0.1) is 5.82 Å². The van der Waals surface area contributed by atoms with Crippen molar-refractivity contribution in [2.45, 2.75) is 0 Å². The topological polar surface area (TPSA) is 48.5 Å². The van der Waals surface area contributed by atoms with Crippen molar-refractivity contribution in [1.82, 2.24) is 24.1 Å². The maximum absolute atomic E-state index is 16.7. The lowest BCUT2D eigenvalue weighted by Gasteiger charge is -2.12. The number of aromatic nitrogens is 5. The second-order valence-corrected chi connectivity index (χ2v) is 17.0. The van der Waals surface area contributed by atoms with E-state index in [-0.39, 0.29) is 5.82 Å². The lowest BCUT2D eigenvalue weighted by molar-refractivity contribution is 0.630. The van der Waals surface area contributed by atoms with Crippen LogP contribution in [-0.2, 0) is 0 Å². The van der Waals surface area contributed by atoms with Crippen LogP contribution in [-0.4, -0.2) is 24.1 Å². The van der Waals surface area contributed by atoms with Crippen molar-refractivity contribution >= 4 is 54.4 Å². The Morgan fingerprint density at radius 1 is 0.343 bits per heavy atom. The predicted molar refractivity (Wildman–Crippen MR) is 273 cm³/mol. The lowest BCUT2D eigenvalue weighted by atomic mass is 9.99. The summed E-state index contributed by atoms with van der Waals surface area (Å²) in [5.41, 5.74) is 14.0. The smallest absolute Gasteiger partial charge is 0.160 e. The van der Waals surface area contributed by atoms with Crippen LogP contribution in [0.2, 0.25) is 0 Å². The van der Waals surface area contributed by atoms with Crippen molar-refractivity contribution in [3.8, 4) is 67.5 Å². The number of benzene rings is 9. The Morgan fingerprint density at radius 3 is 1.81 bits per heavy atom. The summed E-state index contributed by atoms with van der Waals surface area (Å²) in [7, 11) is 0. The number of rotatable bonds is 7. The van der Waals surface area contributed by atoms with Gasteiger partial charge in [0.2, 0.25) is 0 Å². The van der Waals surface area contributed by atoms with Gasteiger partial charge >= 0.3 is 0 Å². The fourth-order valence-corrected chi connectivity index (χ4v) is 9.96. The van der Waals surface area contributed by atoms with Gasteiger partial charge in [0.15, 0.2) is 5.82 Å². The van der Waals surface area contributed by atoms with Crippen molar-refractivity contribution in [3.63, 3.8) is 0 Å². The Morgan fingerprint density at radius 2 is 0.985 bits per heavy atom. The second-order valence-electron chi connectivity index (χ2n) is 17.0. The summed E-state index contributed by atoms with van der Waals surface area (Å²) < 4.78 is 21.1. The van der Waals surface area contributed by atoms with Gasteiger partial charge in [0.25, 0.3) is 0 Å². The minimum atomic E-state index is -0.281. The molecule has 4 heterocycles. The van der Waals surface area contributed by atoms with E-state index in [1.54, 1.807) is 12.3 Å². The molecule has 0 saturated heterocycles. The molecule has 0 saturated carbocycles. The Kier molecular flexibility index (Phi) is 8.96. The van der Waals surface area contributed by atoms with Crippen LogP contribution in [0.15, 0.2) is 231 Å². The molecule has 0 atom stereocenters. The number of para-hydroxylation sites is 3. The molecule has 0 bridgehead atoms. The van der Waals surface area contributed by atoms with Gasteiger partial charge in [-0.3, -0.25) is 4.98 Å². The van der Waals surface area contributed by atoms with Gasteiger partial charge < -0.3 is 9.13 Å². The first kappa shape index (κ1) is 38.5. The fraction of sp³-hybridized carbons (Fsp3) is 0. The number of hydrogen-bond acceptors (Lipinski definition) is 3. The number of hydrogen-bond donors (Lipinski definition) is 0. The van der Waals surface area contributed by atoms with Crippen LogP contribution in [0.4, 0.5) is 4.39 Å². The van der Waals surface area contributed by atoms with Gasteiger partial charge in [0, 0.05) is 67.6 Å². The third-order valence-electron chi connectivity index (χ3n) is 13.1. The lowest BCUT2D eigenvalue weighted by Crippen LogP contribution is -1.97. The molecule has 6 heteroatoms. The zero-order valence-electron chi connectivity index (χ0n) is 36.1. The van der Waals surface area contributed by atoms with E-state index in [1.807, 2.05) is 48.7 Å². The predicted octanol–water partition coefficient (Wildman–Crippen LogP) is 15.7. The molecule has 314 valence electrons. The standard InChI is InChI=1S/C61H38FN5/c62-54-36-46(28-30-48(54)42-26-29-52-50-21-6-8-24-57(50)66(60(52)35-42)45-18-2-1-3-19-45)67-58-25-9-7-22-51(58)53-34-41(27-31-59(53)67)40-15-10-16-43(33-40)61-64-55(44-17-12-32-63-38-44)37-56(65-61)49-23-11-14-39-13-4-5-20-47(39)49/h1-38H. The highest BCUT2D eigenvalue weighted by molar-refractivity contribution is 6.11. The number of fused-ring (bicyclic) bond motifs is 7. The van der Waals surface area contributed by atoms with Crippen LogP contribution >= 0.6 is 0 Å². The van der Waals surface area contributed by atoms with Crippen LogP contribution in [0.3, 0.4) is 0 Å². The Labute approximate surface area is 385 Å². The molecule has 0 spiro atoms. The van der Waals surface area contributed by atoms with E-state index < -0.39 is 0 Å². The first-order chi connectivity index (χ1) is 33.1. The van der Waals surface area contributed by atoms with Gasteiger partial charge in [-0.2, -0.15) is 0 Å². The van der Waals surface area contributed by atoms with Crippen LogP contribution in [0.1, 0.15) is 0 Å². The minimum absolute atomic E-state index is 0.281. The molecular formula is C61H38FN5. The first-order valence-electron chi connectivity index (χ1n) is 22.4. The van der Waals surface area contributed by atoms with E-state index in [0.29, 0.717) is 11.4 Å². The maximum atomic E-state index is 16.7. The molecule has 0 fully saturated rings. The molecule has 9 aromatic carbocycles. The van der Waals surface area contributed by atoms with Gasteiger partial charge in [-0.05, 0) is 112 Å². The highest BCUT2D eigenvalue weighted by Gasteiger charge is 2.19. The first-order valence-corrected chi connectivity index (χ1v) is 22.4. The number of nitrogens with zero attached hydrogens (tertiary/aromatic N) is 5. The molecule has 5 nitrogen and oxygen atoms in total. The average molecular weight is 860 g/mol. The Balaban J connectivity index is 0.893. The van der Waals surface area contributed by atoms with E-state index in [9.17, 15) is 0 Å². The van der Waals surface area contributed by atoms with Gasteiger partial charge in [-0.25, -0.2) is 14.4 Å². The van der Waals surface area contributed by atoms with Crippen molar-refractivity contribution < 1.29 is 4.39 Å². The SMILES string of the molecule is Fc1cc(-n2c3ccccc3c3cc(-c4cccc(-c5nc(-c6cccnc6)cc(-c6cccc7ccccc67)n5)c4)ccc32)ccc1-c1ccc2c3ccccc3n(-c3ccccc3)c2c1. The van der Waals surface area contributed by atoms with Gasteiger partial charge in [0.1, 0.15) is 5.82 Å². The molecule has 13 rings (SSSR count). The fourth-order valence-electron chi connectivity index (χ4n) is 9.96. The van der Waals surface area contributed by atoms with E-state index >= 15 is 4.39 Å². The van der Waals surface area contributed by atoms with E-state index in [4.69, 9.17) is 9.97 Å². The normalized spacial score (nSPS) is 11.7. The molecule has 0 unspecified atom stereocenters. The zero-order valence-corrected chi connectivity index (χ0v) is 36.1. The molecule has 0 N–H and O–H groups in total. The van der Waals surface area contributed by atoms with E-state index in [2.05, 4.69) is 184 Å². The van der Waals surface area contributed by atoms with Crippen LogP contribution in [0.5, 0.6) is 0 Å². The number of halogens is 1. The Hall–Kier alpha value is -9.00. The summed E-state index contributed by atoms with van der Waals surface area (Å²) in [6.45, 7) is 0. The molecule has 13 aromatic rings. The summed E-state index contributed by atoms with van der Waals surface area (Å²) >= 11 is 0. The quantitative estimate of drug-likeness (QED) is 0.160. The average Bonchev–Trinajstić information content (AvgIpc) is 3.91. The molecule has 67 heavy (non-hydrogen) atoms. The largest absolute Gasteiger partial charge is 0.309 e. The third kappa shape index (κ3) is 6.49. The van der Waals surface area contributed by atoms with Gasteiger partial charge in [0.05, 0.1) is 33.5 Å². The van der Waals surface area contributed by atoms with Crippen LogP contribution in [0.25, 0.3) is 122 Å². The van der Waals surface area contributed by atoms with E-state index in [0.717, 1.165) is 111 Å². The van der Waals surface area contributed by atoms with Crippen LogP contribution < -0.4 is 0 Å². The molecule has 0 aliphatic heterocycles. The monoisotopic (exact) mass is 859 g/mol. The summed E-state index contributed by atoms with van der Waals surface area (Å²) in [4.78, 5) is 14.7. The highest BCUT2D eigenvalue weighted by atomic mass is 19.1. The highest BCUT2D eigenvalue weighted by Crippen LogP contribution is 2.39. The molecule has 0 amide bonds. The summed E-state index contributed by atoms with van der Waals surface area (Å²) in [5.74, 6) is 0.352. The number of pyridine rings is 1. The van der Waals surface area contributed by atoms with Crippen molar-refractivity contribution in [2.24, 2.45) is 0 Å². The van der Waals surface area contributed by atoms with Gasteiger partial charge in [-0.1, -0.05) is 133 Å². The minimum Gasteiger partial charge on any atom is -0.309 e. The summed E-state index contributed by atoms with van der Waals surface area (Å²) in [6.07, 6.45) is 3.62. The second kappa shape index (κ2) is 15.6. The van der Waals surface area contributed by atoms with Crippen molar-refractivity contribution in [1.29, 1.82) is 0 Å². The molecule has 0 aliphatic carbocycles. The molecule has 4 aromatic heterocycles. The van der Waals surface area contributed by atoms with Crippen molar-refractivity contribution in [3.05, 3.63) is 237 Å². The molecule has 0 aliphatic rings. The third-order valence-corrected chi connectivity index (χ3v) is 13.1. The van der Waals surface area contributed by atoms with Gasteiger partial charge in [-0.15, -0.1) is 0 Å². The Bertz CT molecular complexity index is 4050. The maximum Gasteiger partial charge on any atom is 0.160 e. The zero-order chi connectivity index (χ0) is 44.4. The van der Waals surface area contributed by atoms with E-state index in [1.165, 1.54) is 0 Å².